The molecule has 2 aliphatic rings. The van der Waals surface area contributed by atoms with E-state index in [9.17, 15) is 9.59 Å². The quantitative estimate of drug-likeness (QED) is 0.713. The van der Waals surface area contributed by atoms with E-state index in [1.165, 1.54) is 12.0 Å². The van der Waals surface area contributed by atoms with Gasteiger partial charge in [-0.1, -0.05) is 18.2 Å². The molecule has 1 aromatic carbocycles. The van der Waals surface area contributed by atoms with Crippen molar-refractivity contribution in [3.05, 3.63) is 42.5 Å². The zero-order chi connectivity index (χ0) is 20.1. The third kappa shape index (κ3) is 4.28. The Labute approximate surface area is 168 Å². The predicted molar refractivity (Wildman–Crippen MR) is 111 cm³/mol. The average molecular weight is 399 g/mol. The van der Waals surface area contributed by atoms with Crippen LogP contribution >= 0.6 is 12.2 Å². The molecule has 2 amide bonds. The molecule has 3 rings (SSSR count). The molecule has 1 aliphatic heterocycles. The molecule has 0 fully saturated rings. The summed E-state index contributed by atoms with van der Waals surface area (Å²) in [5.41, 5.74) is 1.20. The summed E-state index contributed by atoms with van der Waals surface area (Å²) in [6.45, 7) is 0.338. The third-order valence-corrected chi connectivity index (χ3v) is 4.77. The van der Waals surface area contributed by atoms with Gasteiger partial charge in [0.1, 0.15) is 11.5 Å². The topological polar surface area (TPSA) is 80.2 Å². The lowest BCUT2D eigenvalue weighted by molar-refractivity contribution is -0.128. The molecule has 1 aromatic rings. The van der Waals surface area contributed by atoms with Crippen LogP contribution in [-0.2, 0) is 9.59 Å². The van der Waals surface area contributed by atoms with Gasteiger partial charge in [-0.05, 0) is 36.8 Å². The van der Waals surface area contributed by atoms with Crippen LogP contribution < -0.4 is 14.8 Å². The summed E-state index contributed by atoms with van der Waals surface area (Å²) >= 11 is 5.25. The Morgan fingerprint density at radius 1 is 1.29 bits per heavy atom. The predicted octanol–water partition coefficient (Wildman–Crippen LogP) is 2.73. The van der Waals surface area contributed by atoms with Gasteiger partial charge in [-0.15, -0.1) is 0 Å². The Morgan fingerprint density at radius 2 is 2.11 bits per heavy atom. The molecule has 146 valence electrons. The second-order valence-corrected chi connectivity index (χ2v) is 6.61. The van der Waals surface area contributed by atoms with Crippen LogP contribution in [-0.4, -0.2) is 48.3 Å². The lowest BCUT2D eigenvalue weighted by Gasteiger charge is -2.30. The number of benzene rings is 1. The van der Waals surface area contributed by atoms with Crippen molar-refractivity contribution in [3.8, 4) is 11.5 Å². The summed E-state index contributed by atoms with van der Waals surface area (Å²) in [5, 5.41) is 3.06. The number of carbonyl (C=O) groups excluding carboxylic acids is 2. The minimum absolute atomic E-state index is 0.106. The Morgan fingerprint density at radius 3 is 2.86 bits per heavy atom. The van der Waals surface area contributed by atoms with E-state index in [0.29, 0.717) is 35.9 Å². The minimum atomic E-state index is -0.397. The van der Waals surface area contributed by atoms with Gasteiger partial charge >= 0.3 is 0 Å². The number of aliphatic imine (C=N–C) groups is 1. The van der Waals surface area contributed by atoms with Crippen LogP contribution in [0.3, 0.4) is 0 Å². The Kier molecular flexibility index (Phi) is 6.20. The number of thiocarbonyl (C=S) groups is 1. The van der Waals surface area contributed by atoms with Crippen LogP contribution in [0.25, 0.3) is 0 Å². The summed E-state index contributed by atoms with van der Waals surface area (Å²) in [5.74, 6) is 0.466. The van der Waals surface area contributed by atoms with Gasteiger partial charge in [-0.25, -0.2) is 4.99 Å². The van der Waals surface area contributed by atoms with Crippen molar-refractivity contribution in [1.29, 1.82) is 0 Å². The average Bonchev–Trinajstić information content (AvgIpc) is 2.70. The molecule has 1 N–H and O–H groups in total. The number of ether oxygens (including phenoxy) is 2. The highest BCUT2D eigenvalue weighted by Crippen LogP contribution is 2.29. The van der Waals surface area contributed by atoms with Crippen molar-refractivity contribution in [2.75, 3.05) is 26.1 Å². The van der Waals surface area contributed by atoms with Crippen LogP contribution in [0.5, 0.6) is 11.5 Å². The van der Waals surface area contributed by atoms with Crippen LogP contribution in [0.1, 0.15) is 12.8 Å². The van der Waals surface area contributed by atoms with E-state index in [1.54, 1.807) is 37.5 Å². The fourth-order valence-corrected chi connectivity index (χ4v) is 3.29. The molecule has 0 aromatic heterocycles. The maximum Gasteiger partial charge on any atom is 0.241 e. The number of nitrogens with zero attached hydrogens (tertiary/aromatic N) is 2. The van der Waals surface area contributed by atoms with Gasteiger partial charge in [0, 0.05) is 19.0 Å². The zero-order valence-corrected chi connectivity index (χ0v) is 16.5. The molecule has 8 heteroatoms. The van der Waals surface area contributed by atoms with E-state index in [2.05, 4.69) is 10.3 Å². The number of hydrogen-bond donors (Lipinski definition) is 1. The highest BCUT2D eigenvalue weighted by molar-refractivity contribution is 7.80. The van der Waals surface area contributed by atoms with E-state index >= 15 is 0 Å². The molecule has 0 bridgehead atoms. The van der Waals surface area contributed by atoms with Gasteiger partial charge in [0.05, 0.1) is 31.5 Å². The zero-order valence-electron chi connectivity index (χ0n) is 15.7. The van der Waals surface area contributed by atoms with Gasteiger partial charge in [0.2, 0.25) is 16.9 Å². The summed E-state index contributed by atoms with van der Waals surface area (Å²) in [6.07, 6.45) is 7.94. The molecule has 1 aliphatic carbocycles. The van der Waals surface area contributed by atoms with Gasteiger partial charge < -0.3 is 14.8 Å². The normalized spacial score (nSPS) is 17.9. The monoisotopic (exact) mass is 399 g/mol. The molecule has 1 heterocycles. The largest absolute Gasteiger partial charge is 0.497 e. The number of rotatable bonds is 7. The number of amides is 2. The second-order valence-electron chi connectivity index (χ2n) is 6.25. The molecule has 7 nitrogen and oxygen atoms in total. The number of allylic oxidation sites excluding steroid dienone is 3. The van der Waals surface area contributed by atoms with Crippen LogP contribution in [0.2, 0.25) is 0 Å². The molecule has 0 radical (unpaired) electrons. The molecule has 1 unspecified atom stereocenters. The van der Waals surface area contributed by atoms with Crippen molar-refractivity contribution in [3.63, 3.8) is 0 Å². The van der Waals surface area contributed by atoms with Crippen LogP contribution in [0.15, 0.2) is 47.5 Å². The number of hydrogen-bond acceptors (Lipinski definition) is 5. The first-order chi connectivity index (χ1) is 13.5. The summed E-state index contributed by atoms with van der Waals surface area (Å²) < 4.78 is 10.4. The first-order valence-electron chi connectivity index (χ1n) is 8.84. The number of fused-ring (bicyclic) bond motifs is 1. The molecular formula is C20H21N3O4S. The fourth-order valence-electron chi connectivity index (χ4n) is 3.01. The van der Waals surface area contributed by atoms with Gasteiger partial charge in [0.15, 0.2) is 0 Å². The fraction of sp³-hybridized carbons (Fsp3) is 0.300. The van der Waals surface area contributed by atoms with Crippen molar-refractivity contribution >= 4 is 40.5 Å². The van der Waals surface area contributed by atoms with Crippen molar-refractivity contribution in [1.82, 2.24) is 4.90 Å². The lowest BCUT2D eigenvalue weighted by atomic mass is 9.95. The van der Waals surface area contributed by atoms with E-state index in [4.69, 9.17) is 21.7 Å². The van der Waals surface area contributed by atoms with Gasteiger partial charge in [-0.2, -0.15) is 0 Å². The highest BCUT2D eigenvalue weighted by Gasteiger charge is 2.33. The molecule has 0 saturated heterocycles. The molecule has 0 spiro atoms. The Balaban J connectivity index is 1.57. The summed E-state index contributed by atoms with van der Waals surface area (Å²) in [6, 6.07) is 5.17. The maximum absolute atomic E-state index is 12.6. The van der Waals surface area contributed by atoms with E-state index in [0.717, 1.165) is 0 Å². The molecular weight excluding hydrogens is 378 g/mol. The smallest absolute Gasteiger partial charge is 0.241 e. The first kappa shape index (κ1) is 19.8. The van der Waals surface area contributed by atoms with Gasteiger partial charge in [-0.3, -0.25) is 14.5 Å². The summed E-state index contributed by atoms with van der Waals surface area (Å²) in [4.78, 5) is 30.7. The molecule has 0 saturated carbocycles. The minimum Gasteiger partial charge on any atom is -0.497 e. The highest BCUT2D eigenvalue weighted by atomic mass is 32.1. The van der Waals surface area contributed by atoms with Crippen LogP contribution in [0.4, 0.5) is 5.69 Å². The van der Waals surface area contributed by atoms with E-state index in [1.807, 2.05) is 12.2 Å². The Bertz CT molecular complexity index is 891. The molecule has 28 heavy (non-hydrogen) atoms. The van der Waals surface area contributed by atoms with Gasteiger partial charge in [0.25, 0.3) is 0 Å². The van der Waals surface area contributed by atoms with Crippen molar-refractivity contribution in [2.45, 2.75) is 12.8 Å². The van der Waals surface area contributed by atoms with E-state index < -0.39 is 5.92 Å². The van der Waals surface area contributed by atoms with Crippen molar-refractivity contribution in [2.24, 2.45) is 10.9 Å². The van der Waals surface area contributed by atoms with Crippen molar-refractivity contribution < 1.29 is 19.1 Å². The Hall–Kier alpha value is -3.00. The maximum atomic E-state index is 12.6. The first-order valence-corrected chi connectivity index (χ1v) is 9.25. The molecule has 1 atom stereocenters. The second kappa shape index (κ2) is 8.79. The summed E-state index contributed by atoms with van der Waals surface area (Å²) in [7, 11) is 3.08. The third-order valence-electron chi connectivity index (χ3n) is 4.45. The number of carbonyl (C=O) groups is 2. The standard InChI is InChI=1S/C20H21N3O4S/c1-26-13-9-10-17(27-2)16(12-13)21-18(24)8-5-11-23-19(25)14-6-3-4-7-15(14)22-20(23)28/h3-4,6-7,9-10,12,14H,5,8,11H2,1-2H3,(H,21,24). The number of nitrogens with one attached hydrogen (secondary N) is 1. The number of anilines is 1. The SMILES string of the molecule is COc1ccc(OC)c(NC(=O)CCCN2C(=O)C3C=CC=CC3=NC2=S)c1. The lowest BCUT2D eigenvalue weighted by Crippen LogP contribution is -2.46. The number of methoxy groups -OCH3 is 2. The van der Waals surface area contributed by atoms with E-state index in [-0.39, 0.29) is 23.3 Å². The van der Waals surface area contributed by atoms with Crippen LogP contribution in [0, 0.1) is 5.92 Å².